The molecule has 0 N–H and O–H groups in total. The van der Waals surface area contributed by atoms with Crippen molar-refractivity contribution in [2.75, 3.05) is 0 Å². The maximum absolute atomic E-state index is 13.0. The summed E-state index contributed by atoms with van der Waals surface area (Å²) in [6, 6.07) is 0. The molecule has 0 saturated heterocycles. The Labute approximate surface area is 117 Å². The summed E-state index contributed by atoms with van der Waals surface area (Å²) in [6.45, 7) is 0.0772. The van der Waals surface area contributed by atoms with Gasteiger partial charge in [0.05, 0.1) is 0 Å². The van der Waals surface area contributed by atoms with Crippen LogP contribution in [0.25, 0.3) is 0 Å². The molecule has 0 bridgehead atoms. The van der Waals surface area contributed by atoms with Crippen molar-refractivity contribution in [3.63, 3.8) is 0 Å². The smallest absolute Gasteiger partial charge is 0.263 e. The van der Waals surface area contributed by atoms with Gasteiger partial charge in [-0.25, -0.2) is 13.2 Å². The highest BCUT2D eigenvalue weighted by Gasteiger charge is 2.62. The van der Waals surface area contributed by atoms with Crippen molar-refractivity contribution >= 4 is 0 Å². The Morgan fingerprint density at radius 2 is 1.14 bits per heavy atom. The third-order valence-corrected chi connectivity index (χ3v) is 1.84. The van der Waals surface area contributed by atoms with Gasteiger partial charge in [0.2, 0.25) is 0 Å². The van der Waals surface area contributed by atoms with E-state index in [1.807, 2.05) is 0 Å². The molecule has 134 valence electrons. The van der Waals surface area contributed by atoms with E-state index in [4.69, 9.17) is 0 Å². The first kappa shape index (κ1) is 21.2. The molecule has 0 aliphatic heterocycles. The highest BCUT2D eigenvalue weighted by atomic mass is 19.4. The van der Waals surface area contributed by atoms with Gasteiger partial charge in [0.1, 0.15) is 0 Å². The number of halogens is 10. The zero-order valence-corrected chi connectivity index (χ0v) is 11.1. The molecule has 1 unspecified atom stereocenters. The fourth-order valence-electron chi connectivity index (χ4n) is 1.00. The highest BCUT2D eigenvalue weighted by molar-refractivity contribution is 4.83. The molecule has 1 atom stereocenters. The van der Waals surface area contributed by atoms with Crippen molar-refractivity contribution in [2.24, 2.45) is 0 Å². The summed E-state index contributed by atoms with van der Waals surface area (Å²) in [5.74, 6) is -14.0. The molecule has 3 nitrogen and oxygen atoms in total. The summed E-state index contributed by atoms with van der Waals surface area (Å²) < 4.78 is 133. The normalized spacial score (nSPS) is 16.8. The summed E-state index contributed by atoms with van der Waals surface area (Å²) in [5, 5.41) is 0. The average Bonchev–Trinajstić information content (AvgIpc) is 2.07. The van der Waals surface area contributed by atoms with Gasteiger partial charge >= 0.3 is 24.5 Å². The van der Waals surface area contributed by atoms with E-state index in [0.29, 0.717) is 0 Å². The van der Waals surface area contributed by atoms with Gasteiger partial charge in [-0.15, -0.1) is 22.0 Å². The minimum absolute atomic E-state index is 0.275. The third kappa shape index (κ3) is 6.52. The lowest BCUT2D eigenvalue weighted by Gasteiger charge is -2.32. The third-order valence-electron chi connectivity index (χ3n) is 1.84. The predicted octanol–water partition coefficient (Wildman–Crippen LogP) is 4.43. The van der Waals surface area contributed by atoms with Crippen molar-refractivity contribution in [1.29, 1.82) is 0 Å². The monoisotopic (exact) mass is 356 g/mol. The molecule has 0 heterocycles. The second kappa shape index (κ2) is 6.00. The Morgan fingerprint density at radius 3 is 1.45 bits per heavy atom. The quantitative estimate of drug-likeness (QED) is 0.499. The van der Waals surface area contributed by atoms with Crippen LogP contribution in [-0.4, -0.2) is 36.6 Å². The molecule has 0 aromatic rings. The van der Waals surface area contributed by atoms with Gasteiger partial charge in [-0.2, -0.15) is 8.78 Å². The van der Waals surface area contributed by atoms with Gasteiger partial charge in [-0.3, -0.25) is 14.2 Å². The molecule has 0 aromatic heterocycles. The largest absolute Gasteiger partial charge is 0.524 e. The first-order valence-electron chi connectivity index (χ1n) is 5.21. The topological polar surface area (TPSA) is 27.7 Å². The van der Waals surface area contributed by atoms with Gasteiger partial charge in [-0.1, -0.05) is 0 Å². The van der Waals surface area contributed by atoms with Crippen molar-refractivity contribution in [3.05, 3.63) is 0 Å². The van der Waals surface area contributed by atoms with Crippen LogP contribution in [0.15, 0.2) is 0 Å². The fraction of sp³-hybridized carbons (Fsp3) is 1.00. The van der Waals surface area contributed by atoms with E-state index in [2.05, 4.69) is 14.2 Å². The molecule has 0 radical (unpaired) electrons. The highest BCUT2D eigenvalue weighted by Crippen LogP contribution is 2.41. The number of rotatable bonds is 7. The van der Waals surface area contributed by atoms with Crippen LogP contribution < -0.4 is 0 Å². The maximum Gasteiger partial charge on any atom is 0.524 e. The molecule has 0 amide bonds. The van der Waals surface area contributed by atoms with Crippen molar-refractivity contribution in [2.45, 2.75) is 57.4 Å². The molecule has 0 aliphatic rings. The number of hydrogen-bond donors (Lipinski definition) is 0. The van der Waals surface area contributed by atoms with E-state index >= 15 is 0 Å². The fourth-order valence-corrected chi connectivity index (χ4v) is 1.00. The first-order valence-corrected chi connectivity index (χ1v) is 5.21. The molecule has 0 spiro atoms. The Bertz CT molecular complexity index is 373. The minimum atomic E-state index is -5.69. The van der Waals surface area contributed by atoms with Crippen LogP contribution in [0.2, 0.25) is 0 Å². The lowest BCUT2D eigenvalue weighted by molar-refractivity contribution is -0.514. The molecule has 13 heteroatoms. The van der Waals surface area contributed by atoms with Crippen LogP contribution in [0.3, 0.4) is 0 Å². The summed E-state index contributed by atoms with van der Waals surface area (Å²) >= 11 is 0. The average molecular weight is 356 g/mol. The van der Waals surface area contributed by atoms with Gasteiger partial charge in [0.15, 0.2) is 5.79 Å². The molecule has 0 aliphatic carbocycles. The van der Waals surface area contributed by atoms with Crippen LogP contribution in [0, 0.1) is 0 Å². The lowest BCUT2D eigenvalue weighted by Crippen LogP contribution is -2.51. The Balaban J connectivity index is 4.98. The number of hydrogen-bond acceptors (Lipinski definition) is 3. The summed E-state index contributed by atoms with van der Waals surface area (Å²) in [7, 11) is 0. The Morgan fingerprint density at radius 1 is 0.727 bits per heavy atom. The van der Waals surface area contributed by atoms with E-state index in [-0.39, 0.29) is 13.8 Å². The van der Waals surface area contributed by atoms with E-state index in [1.54, 1.807) is 0 Å². The van der Waals surface area contributed by atoms with Gasteiger partial charge in [0.25, 0.3) is 6.36 Å². The summed E-state index contributed by atoms with van der Waals surface area (Å²) in [6.07, 6.45) is -15.4. The van der Waals surface area contributed by atoms with E-state index in [9.17, 15) is 43.9 Å². The predicted molar refractivity (Wildman–Crippen MR) is 48.8 cm³/mol. The molecular formula is C9H10F10O3. The second-order valence-electron chi connectivity index (χ2n) is 4.46. The van der Waals surface area contributed by atoms with Crippen molar-refractivity contribution < 1.29 is 58.1 Å². The Hall–Kier alpha value is -0.820. The Kier molecular flexibility index (Phi) is 5.77. The van der Waals surface area contributed by atoms with Crippen molar-refractivity contribution in [1.82, 2.24) is 0 Å². The number of alkyl halides is 10. The van der Waals surface area contributed by atoms with Gasteiger partial charge in [0, 0.05) is 6.92 Å². The zero-order chi connectivity index (χ0) is 18.2. The van der Waals surface area contributed by atoms with Crippen LogP contribution in [0.4, 0.5) is 43.9 Å². The zero-order valence-electron chi connectivity index (χ0n) is 11.1. The minimum Gasteiger partial charge on any atom is -0.263 e. The summed E-state index contributed by atoms with van der Waals surface area (Å²) in [5.41, 5.74) is 0. The van der Waals surface area contributed by atoms with E-state index in [0.717, 1.165) is 0 Å². The summed E-state index contributed by atoms with van der Waals surface area (Å²) in [4.78, 5) is 0. The number of ether oxygens (including phenoxy) is 3. The SMILES string of the molecule is CC(C)(OC(F)(F)F)OC(F)(F)OC(F)C(F)(F)C(C)(F)F. The molecule has 0 aromatic carbocycles. The molecular weight excluding hydrogens is 346 g/mol. The van der Waals surface area contributed by atoms with Crippen molar-refractivity contribution in [3.8, 4) is 0 Å². The maximum atomic E-state index is 13.0. The van der Waals surface area contributed by atoms with Gasteiger partial charge in [-0.05, 0) is 13.8 Å². The first-order chi connectivity index (χ1) is 9.29. The van der Waals surface area contributed by atoms with Gasteiger partial charge < -0.3 is 0 Å². The van der Waals surface area contributed by atoms with E-state index in [1.165, 1.54) is 0 Å². The molecule has 22 heavy (non-hydrogen) atoms. The molecule has 0 saturated carbocycles. The lowest BCUT2D eigenvalue weighted by atomic mass is 10.2. The standard InChI is InChI=1S/C9H10F10O3/c1-5(2,21-8(15,16)17)22-9(18,19)20-4(10)7(13,14)6(3,11)12/h4H,1-3H3. The van der Waals surface area contributed by atoms with E-state index < -0.39 is 43.6 Å². The van der Waals surface area contributed by atoms with Crippen LogP contribution in [0.5, 0.6) is 0 Å². The van der Waals surface area contributed by atoms with Crippen LogP contribution >= 0.6 is 0 Å². The molecule has 0 rings (SSSR count). The molecule has 0 fully saturated rings. The van der Waals surface area contributed by atoms with Crippen LogP contribution in [-0.2, 0) is 14.2 Å². The second-order valence-corrected chi connectivity index (χ2v) is 4.46. The van der Waals surface area contributed by atoms with Crippen LogP contribution in [0.1, 0.15) is 20.8 Å².